The minimum Gasteiger partial charge on any atom is -0.462 e. The summed E-state index contributed by atoms with van der Waals surface area (Å²) in [6.07, 6.45) is 51.0. The lowest BCUT2D eigenvalue weighted by Gasteiger charge is -2.18. The van der Waals surface area contributed by atoms with E-state index in [1.165, 1.54) is 96.3 Å². The number of unbranched alkanes of at least 4 members (excludes halogenated alkanes) is 17. The molecule has 0 aliphatic heterocycles. The topological polar surface area (TPSA) is 160 Å². The predicted octanol–water partition coefficient (Wildman–Crippen LogP) is 12.3. The molecule has 0 aromatic heterocycles. The maximum absolute atomic E-state index is 12.4. The van der Waals surface area contributed by atoms with Gasteiger partial charge in [0.25, 0.3) is 0 Å². The van der Waals surface area contributed by atoms with Crippen LogP contribution in [0.5, 0.6) is 0 Å². The highest BCUT2D eigenvalue weighted by molar-refractivity contribution is 7.46. The van der Waals surface area contributed by atoms with E-state index in [4.69, 9.17) is 19.3 Å². The van der Waals surface area contributed by atoms with Crippen LogP contribution < -0.4 is 0 Å². The van der Waals surface area contributed by atoms with E-state index in [0.29, 0.717) is 32.1 Å². The van der Waals surface area contributed by atoms with Crippen molar-refractivity contribution in [3.8, 4) is 0 Å². The van der Waals surface area contributed by atoms with Crippen LogP contribution in [0, 0.1) is 0 Å². The van der Waals surface area contributed by atoms with Gasteiger partial charge < -0.3 is 29.5 Å². The molecule has 4 N–H and O–H groups in total. The number of allylic oxidation sites excluding steroid dienone is 10. The number of esters is 2. The summed E-state index contributed by atoms with van der Waals surface area (Å²) in [6.45, 7) is 3.35. The molecule has 0 aliphatic carbocycles. The first-order chi connectivity index (χ1) is 29.1. The average molecular weight is 863 g/mol. The first-order valence-electron chi connectivity index (χ1n) is 23.1. The Balaban J connectivity index is 4.09. The van der Waals surface area contributed by atoms with E-state index in [1.54, 1.807) is 36.5 Å². The van der Waals surface area contributed by atoms with Crippen molar-refractivity contribution in [1.82, 2.24) is 0 Å². The van der Waals surface area contributed by atoms with Crippen molar-refractivity contribution < 1.29 is 48.2 Å². The summed E-state index contributed by atoms with van der Waals surface area (Å²) >= 11 is 0. The average Bonchev–Trinajstić information content (AvgIpc) is 3.21. The van der Waals surface area contributed by atoms with Crippen LogP contribution in [0.2, 0.25) is 0 Å². The summed E-state index contributed by atoms with van der Waals surface area (Å²) in [6, 6.07) is 0. The van der Waals surface area contributed by atoms with E-state index in [2.05, 4.69) is 23.6 Å². The molecule has 0 aromatic carbocycles. The van der Waals surface area contributed by atoms with Gasteiger partial charge in [0.1, 0.15) is 6.61 Å². The Labute approximate surface area is 364 Å². The van der Waals surface area contributed by atoms with E-state index < -0.39 is 44.7 Å². The molecule has 10 nitrogen and oxygen atoms in total. The Bertz CT molecular complexity index is 1280. The van der Waals surface area contributed by atoms with Gasteiger partial charge in [-0.2, -0.15) is 0 Å². The molecule has 0 saturated heterocycles. The third kappa shape index (κ3) is 44.7. The van der Waals surface area contributed by atoms with E-state index in [1.807, 2.05) is 43.4 Å². The number of rotatable bonds is 41. The third-order valence-electron chi connectivity index (χ3n) is 9.58. The van der Waals surface area contributed by atoms with Crippen LogP contribution in [0.1, 0.15) is 181 Å². The molecule has 0 bridgehead atoms. The molecule has 0 heterocycles. The summed E-state index contributed by atoms with van der Waals surface area (Å²) in [5.41, 5.74) is 0. The Morgan fingerprint density at radius 2 is 1.02 bits per heavy atom. The zero-order valence-corrected chi connectivity index (χ0v) is 38.2. The van der Waals surface area contributed by atoms with E-state index in [-0.39, 0.29) is 19.4 Å². The maximum Gasteiger partial charge on any atom is 0.469 e. The number of hydrogen-bond donors (Lipinski definition) is 4. The predicted molar refractivity (Wildman–Crippen MR) is 246 cm³/mol. The van der Waals surface area contributed by atoms with E-state index >= 15 is 0 Å². The number of carbonyl (C=O) groups is 2. The van der Waals surface area contributed by atoms with E-state index in [9.17, 15) is 24.4 Å². The van der Waals surface area contributed by atoms with Gasteiger partial charge in [-0.3, -0.25) is 14.1 Å². The van der Waals surface area contributed by atoms with Crippen LogP contribution in [0.3, 0.4) is 0 Å². The molecule has 0 aromatic rings. The van der Waals surface area contributed by atoms with E-state index in [0.717, 1.165) is 25.7 Å². The molecule has 0 amide bonds. The van der Waals surface area contributed by atoms with Gasteiger partial charge in [0.2, 0.25) is 0 Å². The van der Waals surface area contributed by atoms with Crippen molar-refractivity contribution in [2.75, 3.05) is 13.2 Å². The highest BCUT2D eigenvalue weighted by Crippen LogP contribution is 2.36. The second kappa shape index (κ2) is 42.8. The molecule has 344 valence electrons. The van der Waals surface area contributed by atoms with Crippen LogP contribution in [0.4, 0.5) is 0 Å². The number of aliphatic hydroxyl groups is 2. The SMILES string of the molecule is CC/C=C\C[C@H](O)/C=C/C=C\C=C\[C@H](O)C/C=C\C/C=C\CCC(=O)O[C@H](COC(=O)CCCCCCCCCCCCC/C=C\CCCCCCCC)COP(=O)(O)O. The summed E-state index contributed by atoms with van der Waals surface area (Å²) < 4.78 is 26.3. The summed E-state index contributed by atoms with van der Waals surface area (Å²) in [7, 11) is -4.81. The monoisotopic (exact) mass is 863 g/mol. The minimum atomic E-state index is -4.81. The van der Waals surface area contributed by atoms with Crippen LogP contribution in [-0.2, 0) is 28.2 Å². The fraction of sp³-hybridized carbons (Fsp3) is 0.673. The zero-order valence-electron chi connectivity index (χ0n) is 37.3. The van der Waals surface area contributed by atoms with Crippen molar-refractivity contribution >= 4 is 19.8 Å². The quantitative estimate of drug-likeness (QED) is 0.0153. The molecule has 11 heteroatoms. The molecule has 0 rings (SSSR count). The number of ether oxygens (including phenoxy) is 2. The zero-order chi connectivity index (χ0) is 44.2. The minimum absolute atomic E-state index is 0.0267. The first kappa shape index (κ1) is 57.1. The lowest BCUT2D eigenvalue weighted by Crippen LogP contribution is -2.29. The van der Waals surface area contributed by atoms with Gasteiger partial charge in [0.15, 0.2) is 6.10 Å². The summed E-state index contributed by atoms with van der Waals surface area (Å²) in [5.74, 6) is -1.06. The lowest BCUT2D eigenvalue weighted by atomic mass is 10.0. The molecule has 0 unspecified atom stereocenters. The van der Waals surface area contributed by atoms with Gasteiger partial charge in [-0.15, -0.1) is 0 Å². The number of phosphoric ester groups is 1. The molecule has 0 aliphatic rings. The largest absolute Gasteiger partial charge is 0.469 e. The fourth-order valence-corrected chi connectivity index (χ4v) is 6.46. The number of hydrogen-bond acceptors (Lipinski definition) is 8. The van der Waals surface area contributed by atoms with Gasteiger partial charge in [0.05, 0.1) is 18.8 Å². The highest BCUT2D eigenvalue weighted by atomic mass is 31.2. The van der Waals surface area contributed by atoms with Crippen LogP contribution in [0.25, 0.3) is 0 Å². The number of aliphatic hydroxyl groups excluding tert-OH is 2. The molecule has 0 saturated carbocycles. The van der Waals surface area contributed by atoms with Crippen molar-refractivity contribution in [2.45, 2.75) is 199 Å². The smallest absolute Gasteiger partial charge is 0.462 e. The molecular weight excluding hydrogens is 780 g/mol. The number of carbonyl (C=O) groups excluding carboxylic acids is 2. The molecule has 0 spiro atoms. The highest BCUT2D eigenvalue weighted by Gasteiger charge is 2.22. The molecular formula is C49H83O10P. The van der Waals surface area contributed by atoms with Gasteiger partial charge >= 0.3 is 19.8 Å². The van der Waals surface area contributed by atoms with Gasteiger partial charge in [-0.25, -0.2) is 4.57 Å². The third-order valence-corrected chi connectivity index (χ3v) is 10.1. The second-order valence-corrected chi connectivity index (χ2v) is 16.6. The Morgan fingerprint density at radius 3 is 1.55 bits per heavy atom. The molecule has 3 atom stereocenters. The van der Waals surface area contributed by atoms with Crippen molar-refractivity contribution in [1.29, 1.82) is 0 Å². The molecule has 0 fully saturated rings. The van der Waals surface area contributed by atoms with Crippen LogP contribution in [-0.4, -0.2) is 63.5 Å². The maximum atomic E-state index is 12.4. The first-order valence-corrected chi connectivity index (χ1v) is 24.6. The van der Waals surface area contributed by atoms with Gasteiger partial charge in [-0.05, 0) is 64.2 Å². The second-order valence-electron chi connectivity index (χ2n) is 15.4. The van der Waals surface area contributed by atoms with Crippen molar-refractivity contribution in [3.63, 3.8) is 0 Å². The van der Waals surface area contributed by atoms with Crippen molar-refractivity contribution in [2.24, 2.45) is 0 Å². The molecule has 60 heavy (non-hydrogen) atoms. The normalized spacial score (nSPS) is 14.3. The standard InChI is InChI=1S/C49H83O10P/c1-3-5-7-8-9-10-11-12-13-14-15-16-17-18-19-20-21-22-23-27-35-41-48(52)57-43-47(44-58-60(54,55)56)59-49(53)42-36-28-25-24-26-32-38-46(51)40-34-30-29-33-39-45(50)37-31-6-4-2/h6,12-13,25-26,28-34,39-40,45-47,50-51H,3-5,7-11,14-24,27,35-38,41-44H2,1-2H3,(H2,54,55,56)/b13-12-,28-25-,30-29-,31-6-,32-26-,39-33+,40-34+/t45-,46+,47+/m0/s1. The Hall–Kier alpha value is -2.85. The summed E-state index contributed by atoms with van der Waals surface area (Å²) in [5, 5.41) is 19.9. The van der Waals surface area contributed by atoms with Gasteiger partial charge in [-0.1, -0.05) is 189 Å². The summed E-state index contributed by atoms with van der Waals surface area (Å²) in [4.78, 5) is 42.9. The lowest BCUT2D eigenvalue weighted by molar-refractivity contribution is -0.161. The van der Waals surface area contributed by atoms with Crippen LogP contribution in [0.15, 0.2) is 85.1 Å². The Kier molecular flexibility index (Phi) is 40.8. The Morgan fingerprint density at radius 1 is 0.533 bits per heavy atom. The number of phosphoric acid groups is 1. The van der Waals surface area contributed by atoms with Crippen LogP contribution >= 0.6 is 7.82 Å². The van der Waals surface area contributed by atoms with Crippen molar-refractivity contribution in [3.05, 3.63) is 85.1 Å². The fourth-order valence-electron chi connectivity index (χ4n) is 6.10. The molecule has 0 radical (unpaired) electrons. The van der Waals surface area contributed by atoms with Gasteiger partial charge in [0, 0.05) is 12.8 Å².